The highest BCUT2D eigenvalue weighted by Crippen LogP contribution is 2.19. The number of hydrogen-bond donors (Lipinski definition) is 1. The van der Waals surface area contributed by atoms with E-state index in [1.807, 2.05) is 48.5 Å². The van der Waals surface area contributed by atoms with Crippen LogP contribution >= 0.6 is 12.3 Å². The number of benzene rings is 2. The SMILES string of the molecule is CCO[C@@H](Cc1ccc(OCCc2ccc(OSOOC)cc2)cc1)C(=O)O. The van der Waals surface area contributed by atoms with Crippen molar-refractivity contribution in [2.75, 3.05) is 20.3 Å². The molecule has 2 aromatic carbocycles. The third kappa shape index (κ3) is 7.77. The van der Waals surface area contributed by atoms with Crippen LogP contribution in [0.5, 0.6) is 11.5 Å². The monoisotopic (exact) mass is 408 g/mol. The molecule has 1 N–H and O–H groups in total. The molecule has 0 unspecified atom stereocenters. The summed E-state index contributed by atoms with van der Waals surface area (Å²) in [4.78, 5) is 15.6. The Bertz CT molecular complexity index is 703. The second-order valence-electron chi connectivity index (χ2n) is 5.76. The third-order valence-corrected chi connectivity index (χ3v) is 4.25. The highest BCUT2D eigenvalue weighted by Gasteiger charge is 2.17. The molecule has 0 aliphatic rings. The van der Waals surface area contributed by atoms with Crippen LogP contribution in [0.3, 0.4) is 0 Å². The van der Waals surface area contributed by atoms with Gasteiger partial charge in [0.15, 0.2) is 6.10 Å². The Morgan fingerprint density at radius 3 is 2.29 bits per heavy atom. The summed E-state index contributed by atoms with van der Waals surface area (Å²) in [5.74, 6) is 0.442. The fraction of sp³-hybridized carbons (Fsp3) is 0.350. The normalized spacial score (nSPS) is 11.8. The second kappa shape index (κ2) is 12.2. The van der Waals surface area contributed by atoms with E-state index in [2.05, 4.69) is 9.22 Å². The minimum atomic E-state index is -0.955. The van der Waals surface area contributed by atoms with Crippen LogP contribution in [0.4, 0.5) is 0 Å². The number of rotatable bonds is 13. The molecule has 0 aromatic heterocycles. The maximum Gasteiger partial charge on any atom is 0.333 e. The zero-order valence-electron chi connectivity index (χ0n) is 15.8. The van der Waals surface area contributed by atoms with Crippen molar-refractivity contribution >= 4 is 18.3 Å². The smallest absolute Gasteiger partial charge is 0.333 e. The number of carboxylic acids is 1. The fourth-order valence-corrected chi connectivity index (χ4v) is 2.71. The van der Waals surface area contributed by atoms with E-state index in [0.29, 0.717) is 25.4 Å². The average molecular weight is 408 g/mol. The van der Waals surface area contributed by atoms with Crippen LogP contribution in [0.1, 0.15) is 18.1 Å². The molecule has 0 aliphatic heterocycles. The van der Waals surface area contributed by atoms with Crippen LogP contribution in [-0.2, 0) is 31.6 Å². The van der Waals surface area contributed by atoms with Gasteiger partial charge in [0.05, 0.1) is 13.7 Å². The van der Waals surface area contributed by atoms with Crippen LogP contribution in [0.15, 0.2) is 48.5 Å². The quantitative estimate of drug-likeness (QED) is 0.232. The van der Waals surface area contributed by atoms with Crippen molar-refractivity contribution in [3.8, 4) is 11.5 Å². The molecular formula is C20H24O7S. The lowest BCUT2D eigenvalue weighted by molar-refractivity contribution is -0.164. The molecule has 0 bridgehead atoms. The topological polar surface area (TPSA) is 83.5 Å². The molecule has 2 rings (SSSR count). The van der Waals surface area contributed by atoms with Gasteiger partial charge in [-0.25, -0.2) is 9.68 Å². The Labute approximate surface area is 168 Å². The number of ether oxygens (including phenoxy) is 2. The number of carboxylic acid groups (broad SMARTS) is 1. The van der Waals surface area contributed by atoms with Crippen molar-refractivity contribution in [3.63, 3.8) is 0 Å². The van der Waals surface area contributed by atoms with Crippen LogP contribution in [0, 0.1) is 0 Å². The first kappa shape index (κ1) is 22.0. The van der Waals surface area contributed by atoms with Crippen molar-refractivity contribution in [1.82, 2.24) is 0 Å². The minimum Gasteiger partial charge on any atom is -0.493 e. The van der Waals surface area contributed by atoms with Gasteiger partial charge in [-0.2, -0.15) is 0 Å². The standard InChI is InChI=1S/C20H24O7S/c1-3-24-19(20(21)22)14-16-6-8-17(9-7-16)25-13-12-15-4-10-18(11-5-15)26-28-27-23-2/h4-11,19H,3,12-14H2,1-2H3,(H,21,22)/t19-/m0/s1. The molecule has 0 aliphatic carbocycles. The zero-order chi connectivity index (χ0) is 20.2. The largest absolute Gasteiger partial charge is 0.493 e. The van der Waals surface area contributed by atoms with Gasteiger partial charge in [-0.1, -0.05) is 24.3 Å². The van der Waals surface area contributed by atoms with Crippen molar-refractivity contribution in [2.45, 2.75) is 25.9 Å². The van der Waals surface area contributed by atoms with E-state index < -0.39 is 12.1 Å². The molecule has 0 radical (unpaired) electrons. The Hall–Kier alpha value is -2.26. The van der Waals surface area contributed by atoms with Crippen molar-refractivity contribution in [2.24, 2.45) is 0 Å². The van der Waals surface area contributed by atoms with Crippen molar-refractivity contribution in [1.29, 1.82) is 0 Å². The number of carbonyl (C=O) groups is 1. The number of hydrogen-bond acceptors (Lipinski definition) is 7. The lowest BCUT2D eigenvalue weighted by atomic mass is 10.1. The first-order valence-corrected chi connectivity index (χ1v) is 9.48. The van der Waals surface area contributed by atoms with E-state index in [9.17, 15) is 4.79 Å². The second-order valence-corrected chi connectivity index (χ2v) is 6.20. The average Bonchev–Trinajstić information content (AvgIpc) is 2.70. The van der Waals surface area contributed by atoms with E-state index in [0.717, 1.165) is 35.6 Å². The molecule has 0 saturated heterocycles. The van der Waals surface area contributed by atoms with Crippen LogP contribution < -0.4 is 8.92 Å². The highest BCUT2D eigenvalue weighted by molar-refractivity contribution is 7.90. The Kier molecular flexibility index (Phi) is 9.64. The molecule has 0 spiro atoms. The van der Waals surface area contributed by atoms with Gasteiger partial charge in [0.2, 0.25) is 0 Å². The molecular weight excluding hydrogens is 384 g/mol. The summed E-state index contributed by atoms with van der Waals surface area (Å²) in [6, 6.07) is 15.0. The first-order valence-electron chi connectivity index (χ1n) is 8.81. The summed E-state index contributed by atoms with van der Waals surface area (Å²) in [5, 5.41) is 9.15. The van der Waals surface area contributed by atoms with Crippen molar-refractivity contribution in [3.05, 3.63) is 59.7 Å². The van der Waals surface area contributed by atoms with Crippen molar-refractivity contribution < 1.29 is 32.8 Å². The van der Waals surface area contributed by atoms with Gasteiger partial charge in [-0.15, -0.1) is 4.33 Å². The summed E-state index contributed by atoms with van der Waals surface area (Å²) >= 11 is 0.749. The third-order valence-electron chi connectivity index (χ3n) is 3.80. The fourth-order valence-electron chi connectivity index (χ4n) is 2.43. The van der Waals surface area contributed by atoms with Gasteiger partial charge in [-0.05, 0) is 42.3 Å². The molecule has 2 aromatic rings. The van der Waals surface area contributed by atoms with E-state index >= 15 is 0 Å². The van der Waals surface area contributed by atoms with Gasteiger partial charge < -0.3 is 18.8 Å². The molecule has 0 saturated carbocycles. The van der Waals surface area contributed by atoms with E-state index in [-0.39, 0.29) is 0 Å². The molecule has 0 fully saturated rings. The van der Waals surface area contributed by atoms with Gasteiger partial charge in [0.25, 0.3) is 12.3 Å². The predicted octanol–water partition coefficient (Wildman–Crippen LogP) is 3.86. The first-order chi connectivity index (χ1) is 13.6. The number of aliphatic carboxylic acids is 1. The molecule has 28 heavy (non-hydrogen) atoms. The maximum atomic E-state index is 11.2. The van der Waals surface area contributed by atoms with Gasteiger partial charge >= 0.3 is 5.97 Å². The summed E-state index contributed by atoms with van der Waals surface area (Å²) < 4.78 is 20.8. The lowest BCUT2D eigenvalue weighted by Gasteiger charge is -2.13. The van der Waals surface area contributed by atoms with E-state index in [1.54, 1.807) is 6.92 Å². The molecule has 152 valence electrons. The predicted molar refractivity (Wildman–Crippen MR) is 105 cm³/mol. The molecule has 0 heterocycles. The van der Waals surface area contributed by atoms with E-state index in [4.69, 9.17) is 18.8 Å². The van der Waals surface area contributed by atoms with E-state index in [1.165, 1.54) is 7.11 Å². The van der Waals surface area contributed by atoms with Gasteiger partial charge in [-0.3, -0.25) is 0 Å². The van der Waals surface area contributed by atoms with Crippen LogP contribution in [0.25, 0.3) is 0 Å². The van der Waals surface area contributed by atoms with Crippen LogP contribution in [0.2, 0.25) is 0 Å². The van der Waals surface area contributed by atoms with Gasteiger partial charge in [0.1, 0.15) is 11.5 Å². The zero-order valence-corrected chi connectivity index (χ0v) is 16.6. The highest BCUT2D eigenvalue weighted by atomic mass is 32.2. The Morgan fingerprint density at radius 1 is 1.04 bits per heavy atom. The molecule has 1 atom stereocenters. The summed E-state index contributed by atoms with van der Waals surface area (Å²) in [6.07, 6.45) is 0.240. The minimum absolute atomic E-state index is 0.325. The molecule has 0 amide bonds. The molecule has 7 nitrogen and oxygen atoms in total. The summed E-state index contributed by atoms with van der Waals surface area (Å²) in [5.41, 5.74) is 2.00. The Balaban J connectivity index is 1.76. The molecule has 8 heteroatoms. The maximum absolute atomic E-state index is 11.2. The van der Waals surface area contributed by atoms with Gasteiger partial charge in [0, 0.05) is 19.4 Å². The van der Waals surface area contributed by atoms with Crippen LogP contribution in [-0.4, -0.2) is 37.5 Å². The summed E-state index contributed by atoms with van der Waals surface area (Å²) in [6.45, 7) is 2.67. The lowest BCUT2D eigenvalue weighted by Crippen LogP contribution is -2.26. The summed E-state index contributed by atoms with van der Waals surface area (Å²) in [7, 11) is 1.40. The Morgan fingerprint density at radius 2 is 1.68 bits per heavy atom.